The number of hydrogen-bond acceptors (Lipinski definition) is 3. The summed E-state index contributed by atoms with van der Waals surface area (Å²) >= 11 is 6.16. The summed E-state index contributed by atoms with van der Waals surface area (Å²) in [6.45, 7) is 7.97. The van der Waals surface area contributed by atoms with Crippen molar-refractivity contribution in [2.45, 2.75) is 38.5 Å². The van der Waals surface area contributed by atoms with Gasteiger partial charge in [-0.1, -0.05) is 18.5 Å². The molecule has 134 valence electrons. The molecule has 1 heterocycles. The number of rotatable bonds is 5. The maximum absolute atomic E-state index is 13.0. The number of benzene rings is 1. The van der Waals surface area contributed by atoms with Crippen LogP contribution in [0.2, 0.25) is 5.02 Å². The molecular weight excluding hydrogens is 348 g/mol. The van der Waals surface area contributed by atoms with E-state index in [-0.39, 0.29) is 15.8 Å². The Bertz CT molecular complexity index is 702. The summed E-state index contributed by atoms with van der Waals surface area (Å²) in [7, 11) is -3.69. The zero-order valence-electron chi connectivity index (χ0n) is 14.5. The molecule has 1 aromatic rings. The summed E-state index contributed by atoms with van der Waals surface area (Å²) in [4.78, 5) is 14.2. The van der Waals surface area contributed by atoms with E-state index in [0.29, 0.717) is 37.7 Å². The number of carbonyl (C=O) groups excluding carboxylic acids is 1. The van der Waals surface area contributed by atoms with E-state index in [2.05, 4.69) is 0 Å². The first-order valence-electron chi connectivity index (χ1n) is 8.40. The number of halogens is 1. The molecule has 2 rings (SSSR count). The van der Waals surface area contributed by atoms with Crippen molar-refractivity contribution in [1.82, 2.24) is 9.21 Å². The van der Waals surface area contributed by atoms with Crippen LogP contribution in [0, 0.1) is 5.92 Å². The molecule has 1 fully saturated rings. The molecule has 0 N–H and O–H groups in total. The van der Waals surface area contributed by atoms with Gasteiger partial charge in [-0.3, -0.25) is 4.79 Å². The highest BCUT2D eigenvalue weighted by molar-refractivity contribution is 7.89. The SMILES string of the molecule is CCN(CC)C(=O)c1ccc(Cl)c(S(=O)(=O)N2CCC[C@H](C)C2)c1. The smallest absolute Gasteiger partial charge is 0.253 e. The molecule has 0 aromatic heterocycles. The van der Waals surface area contributed by atoms with Crippen molar-refractivity contribution in [2.75, 3.05) is 26.2 Å². The fourth-order valence-corrected chi connectivity index (χ4v) is 5.13. The van der Waals surface area contributed by atoms with Crippen LogP contribution in [-0.2, 0) is 10.0 Å². The van der Waals surface area contributed by atoms with E-state index in [4.69, 9.17) is 11.6 Å². The Morgan fingerprint density at radius 1 is 1.33 bits per heavy atom. The Morgan fingerprint density at radius 2 is 2.00 bits per heavy atom. The lowest BCUT2D eigenvalue weighted by atomic mass is 10.0. The first kappa shape index (κ1) is 19.2. The number of amides is 1. The third-order valence-electron chi connectivity index (χ3n) is 4.47. The predicted molar refractivity (Wildman–Crippen MR) is 95.9 cm³/mol. The van der Waals surface area contributed by atoms with Crippen LogP contribution in [0.15, 0.2) is 23.1 Å². The lowest BCUT2D eigenvalue weighted by Crippen LogP contribution is -2.39. The molecule has 0 bridgehead atoms. The Hall–Kier alpha value is -1.11. The highest BCUT2D eigenvalue weighted by Gasteiger charge is 2.31. The van der Waals surface area contributed by atoms with Crippen molar-refractivity contribution in [3.8, 4) is 0 Å². The zero-order valence-corrected chi connectivity index (χ0v) is 16.0. The maximum atomic E-state index is 13.0. The van der Waals surface area contributed by atoms with Crippen molar-refractivity contribution >= 4 is 27.5 Å². The van der Waals surface area contributed by atoms with Crippen molar-refractivity contribution in [1.29, 1.82) is 0 Å². The van der Waals surface area contributed by atoms with Crippen LogP contribution in [0.25, 0.3) is 0 Å². The van der Waals surface area contributed by atoms with Crippen molar-refractivity contribution in [3.63, 3.8) is 0 Å². The van der Waals surface area contributed by atoms with Crippen LogP contribution in [0.3, 0.4) is 0 Å². The second-order valence-electron chi connectivity index (χ2n) is 6.23. The van der Waals surface area contributed by atoms with E-state index in [1.54, 1.807) is 11.0 Å². The molecular formula is C17H25ClN2O3S. The molecule has 1 amide bonds. The van der Waals surface area contributed by atoms with Crippen LogP contribution in [0.1, 0.15) is 44.0 Å². The van der Waals surface area contributed by atoms with Crippen molar-refractivity contribution in [3.05, 3.63) is 28.8 Å². The van der Waals surface area contributed by atoms with Gasteiger partial charge in [0.05, 0.1) is 5.02 Å². The van der Waals surface area contributed by atoms with Crippen LogP contribution >= 0.6 is 11.6 Å². The van der Waals surface area contributed by atoms with E-state index in [1.165, 1.54) is 16.4 Å². The first-order valence-corrected chi connectivity index (χ1v) is 10.2. The van der Waals surface area contributed by atoms with Gasteiger partial charge in [0.1, 0.15) is 4.90 Å². The topological polar surface area (TPSA) is 57.7 Å². The molecule has 0 saturated carbocycles. The van der Waals surface area contributed by atoms with E-state index in [0.717, 1.165) is 12.8 Å². The maximum Gasteiger partial charge on any atom is 0.253 e. The Labute approximate surface area is 149 Å². The number of carbonyl (C=O) groups is 1. The molecule has 1 aromatic carbocycles. The van der Waals surface area contributed by atoms with Crippen LogP contribution in [-0.4, -0.2) is 49.7 Å². The normalized spacial score (nSPS) is 19.2. The monoisotopic (exact) mass is 372 g/mol. The third kappa shape index (κ3) is 3.92. The zero-order chi connectivity index (χ0) is 17.9. The summed E-state index contributed by atoms with van der Waals surface area (Å²) in [6, 6.07) is 4.50. The average Bonchev–Trinajstić information content (AvgIpc) is 2.56. The minimum atomic E-state index is -3.69. The molecule has 7 heteroatoms. The molecule has 0 spiro atoms. The van der Waals surface area contributed by atoms with Gasteiger partial charge in [0.25, 0.3) is 5.91 Å². The summed E-state index contributed by atoms with van der Waals surface area (Å²) in [6.07, 6.45) is 1.87. The van der Waals surface area contributed by atoms with E-state index in [1.807, 2.05) is 20.8 Å². The predicted octanol–water partition coefficient (Wildman–Crippen LogP) is 3.24. The fourth-order valence-electron chi connectivity index (χ4n) is 3.03. The number of piperidine rings is 1. The second-order valence-corrected chi connectivity index (χ2v) is 8.55. The van der Waals surface area contributed by atoms with Crippen molar-refractivity contribution < 1.29 is 13.2 Å². The number of sulfonamides is 1. The quantitative estimate of drug-likeness (QED) is 0.797. The Morgan fingerprint density at radius 3 is 2.58 bits per heavy atom. The molecule has 1 saturated heterocycles. The van der Waals surface area contributed by atoms with E-state index < -0.39 is 10.0 Å². The van der Waals surface area contributed by atoms with Gasteiger partial charge in [-0.25, -0.2) is 8.42 Å². The largest absolute Gasteiger partial charge is 0.339 e. The summed E-state index contributed by atoms with van der Waals surface area (Å²) in [5.41, 5.74) is 0.353. The number of hydrogen-bond donors (Lipinski definition) is 0. The van der Waals surface area contributed by atoms with Crippen LogP contribution in [0.4, 0.5) is 0 Å². The minimum Gasteiger partial charge on any atom is -0.339 e. The molecule has 5 nitrogen and oxygen atoms in total. The molecule has 24 heavy (non-hydrogen) atoms. The van der Waals surface area contributed by atoms with E-state index >= 15 is 0 Å². The van der Waals surface area contributed by atoms with Gasteiger partial charge in [-0.2, -0.15) is 4.31 Å². The fraction of sp³-hybridized carbons (Fsp3) is 0.588. The standard InChI is InChI=1S/C17H25ClN2O3S/c1-4-19(5-2)17(21)14-8-9-15(18)16(11-14)24(22,23)20-10-6-7-13(3)12-20/h8-9,11,13H,4-7,10,12H2,1-3H3/t13-/m0/s1. The average molecular weight is 373 g/mol. The summed E-state index contributed by atoms with van der Waals surface area (Å²) in [5, 5.41) is 0.157. The molecule has 1 aliphatic rings. The minimum absolute atomic E-state index is 0.0243. The number of nitrogens with zero attached hydrogens (tertiary/aromatic N) is 2. The van der Waals surface area contributed by atoms with Gasteiger partial charge in [-0.05, 0) is 50.8 Å². The molecule has 1 atom stereocenters. The lowest BCUT2D eigenvalue weighted by Gasteiger charge is -2.30. The van der Waals surface area contributed by atoms with Gasteiger partial charge in [0.2, 0.25) is 10.0 Å². The summed E-state index contributed by atoms with van der Waals surface area (Å²) in [5.74, 6) is 0.146. The highest BCUT2D eigenvalue weighted by Crippen LogP contribution is 2.29. The van der Waals surface area contributed by atoms with Crippen molar-refractivity contribution in [2.24, 2.45) is 5.92 Å². The lowest BCUT2D eigenvalue weighted by molar-refractivity contribution is 0.0772. The van der Waals surface area contributed by atoms with Gasteiger partial charge in [0, 0.05) is 31.7 Å². The second kappa shape index (κ2) is 7.85. The third-order valence-corrected chi connectivity index (χ3v) is 6.81. The van der Waals surface area contributed by atoms with Gasteiger partial charge in [0.15, 0.2) is 0 Å². The van der Waals surface area contributed by atoms with Gasteiger partial charge < -0.3 is 4.90 Å². The molecule has 0 aliphatic carbocycles. The van der Waals surface area contributed by atoms with Gasteiger partial charge in [-0.15, -0.1) is 0 Å². The molecule has 0 unspecified atom stereocenters. The first-order chi connectivity index (χ1) is 11.3. The highest BCUT2D eigenvalue weighted by atomic mass is 35.5. The molecule has 0 radical (unpaired) electrons. The Kier molecular flexibility index (Phi) is 6.28. The Balaban J connectivity index is 2.39. The van der Waals surface area contributed by atoms with Crippen LogP contribution < -0.4 is 0 Å². The van der Waals surface area contributed by atoms with Gasteiger partial charge >= 0.3 is 0 Å². The summed E-state index contributed by atoms with van der Waals surface area (Å²) < 4.78 is 27.4. The molecule has 1 aliphatic heterocycles. The van der Waals surface area contributed by atoms with Crippen LogP contribution in [0.5, 0.6) is 0 Å². The van der Waals surface area contributed by atoms with E-state index in [9.17, 15) is 13.2 Å².